The Bertz CT molecular complexity index is 450. The lowest BCUT2D eigenvalue weighted by Crippen LogP contribution is -2.13. The van der Waals surface area contributed by atoms with Crippen LogP contribution in [0, 0.1) is 18.3 Å². The summed E-state index contributed by atoms with van der Waals surface area (Å²) in [5, 5.41) is 11.7. The summed E-state index contributed by atoms with van der Waals surface area (Å²) < 4.78 is 0. The minimum absolute atomic E-state index is 0.122. The molecule has 4 nitrogen and oxygen atoms in total. The number of halogens is 1. The van der Waals surface area contributed by atoms with E-state index in [-0.39, 0.29) is 11.8 Å². The van der Waals surface area contributed by atoms with Crippen LogP contribution in [-0.4, -0.2) is 28.8 Å². The van der Waals surface area contributed by atoms with Gasteiger partial charge in [-0.25, -0.2) is 0 Å². The van der Waals surface area contributed by atoms with Crippen molar-refractivity contribution in [1.29, 1.82) is 5.26 Å². The Labute approximate surface area is 110 Å². The van der Waals surface area contributed by atoms with Crippen molar-refractivity contribution in [2.75, 3.05) is 23.2 Å². The minimum Gasteiger partial charge on any atom is -0.344 e. The standard InChI is InChI=1S/C11H14ClN3OS/c1-7-8(6-13)11(15-10(16)5-12)14-9(7)3-4-17-2/h14H,3-5H2,1-2H3,(H,15,16). The fourth-order valence-electron chi connectivity index (χ4n) is 1.51. The summed E-state index contributed by atoms with van der Waals surface area (Å²) in [5.41, 5.74) is 2.37. The van der Waals surface area contributed by atoms with Crippen LogP contribution in [0.3, 0.4) is 0 Å². The zero-order valence-electron chi connectivity index (χ0n) is 9.76. The third-order valence-electron chi connectivity index (χ3n) is 2.41. The van der Waals surface area contributed by atoms with Crippen LogP contribution in [0.25, 0.3) is 0 Å². The Morgan fingerprint density at radius 2 is 2.35 bits per heavy atom. The molecule has 17 heavy (non-hydrogen) atoms. The molecule has 0 spiro atoms. The number of nitriles is 1. The number of amides is 1. The summed E-state index contributed by atoms with van der Waals surface area (Å²) in [7, 11) is 0. The second kappa shape index (κ2) is 6.58. The number of nitrogens with one attached hydrogen (secondary N) is 2. The summed E-state index contributed by atoms with van der Waals surface area (Å²) in [6.07, 6.45) is 2.87. The average molecular weight is 272 g/mol. The molecule has 0 fully saturated rings. The van der Waals surface area contributed by atoms with Gasteiger partial charge in [0.2, 0.25) is 5.91 Å². The largest absolute Gasteiger partial charge is 0.344 e. The van der Waals surface area contributed by atoms with Crippen LogP contribution in [0.2, 0.25) is 0 Å². The maximum Gasteiger partial charge on any atom is 0.240 e. The highest BCUT2D eigenvalue weighted by Crippen LogP contribution is 2.23. The minimum atomic E-state index is -0.319. The van der Waals surface area contributed by atoms with Crippen LogP contribution >= 0.6 is 23.4 Å². The third kappa shape index (κ3) is 3.42. The zero-order chi connectivity index (χ0) is 12.8. The number of aryl methyl sites for hydroxylation is 1. The van der Waals surface area contributed by atoms with Gasteiger partial charge < -0.3 is 10.3 Å². The first kappa shape index (κ1) is 13.9. The number of hydrogen-bond donors (Lipinski definition) is 2. The number of alkyl halides is 1. The molecule has 1 rings (SSSR count). The Balaban J connectivity index is 2.97. The summed E-state index contributed by atoms with van der Waals surface area (Å²) >= 11 is 7.15. The van der Waals surface area contributed by atoms with E-state index in [2.05, 4.69) is 16.4 Å². The van der Waals surface area contributed by atoms with Gasteiger partial charge in [-0.1, -0.05) is 0 Å². The Morgan fingerprint density at radius 1 is 1.65 bits per heavy atom. The van der Waals surface area contributed by atoms with Crippen LogP contribution in [0.4, 0.5) is 5.82 Å². The van der Waals surface area contributed by atoms with Crippen LogP contribution in [0.5, 0.6) is 0 Å². The number of carbonyl (C=O) groups excluding carboxylic acids is 1. The lowest BCUT2D eigenvalue weighted by molar-refractivity contribution is -0.113. The van der Waals surface area contributed by atoms with Gasteiger partial charge in [0.1, 0.15) is 17.8 Å². The highest BCUT2D eigenvalue weighted by Gasteiger charge is 2.15. The summed E-state index contributed by atoms with van der Waals surface area (Å²) in [4.78, 5) is 14.3. The molecule has 1 heterocycles. The molecule has 1 aromatic heterocycles. The van der Waals surface area contributed by atoms with Crippen LogP contribution in [-0.2, 0) is 11.2 Å². The van der Waals surface area contributed by atoms with Crippen LogP contribution in [0.1, 0.15) is 16.8 Å². The number of nitrogens with zero attached hydrogens (tertiary/aromatic N) is 1. The van der Waals surface area contributed by atoms with E-state index < -0.39 is 0 Å². The molecule has 0 aromatic carbocycles. The van der Waals surface area contributed by atoms with Gasteiger partial charge in [0, 0.05) is 5.69 Å². The van der Waals surface area contributed by atoms with Crippen molar-refractivity contribution >= 4 is 35.1 Å². The van der Waals surface area contributed by atoms with Gasteiger partial charge in [0.05, 0.1) is 5.56 Å². The molecule has 0 bridgehead atoms. The van der Waals surface area contributed by atoms with Gasteiger partial charge in [-0.2, -0.15) is 17.0 Å². The van der Waals surface area contributed by atoms with E-state index in [0.29, 0.717) is 11.4 Å². The van der Waals surface area contributed by atoms with Gasteiger partial charge in [-0.05, 0) is 30.9 Å². The van der Waals surface area contributed by atoms with Crippen molar-refractivity contribution in [3.05, 3.63) is 16.8 Å². The van der Waals surface area contributed by atoms with Gasteiger partial charge in [0.25, 0.3) is 0 Å². The summed E-state index contributed by atoms with van der Waals surface area (Å²) in [6.45, 7) is 1.88. The fraction of sp³-hybridized carbons (Fsp3) is 0.455. The van der Waals surface area contributed by atoms with E-state index >= 15 is 0 Å². The smallest absolute Gasteiger partial charge is 0.240 e. The molecule has 1 amide bonds. The molecule has 6 heteroatoms. The number of hydrogen-bond acceptors (Lipinski definition) is 3. The monoisotopic (exact) mass is 271 g/mol. The molecular formula is C11H14ClN3OS. The summed E-state index contributed by atoms with van der Waals surface area (Å²) in [5.74, 6) is 0.977. The number of H-pyrrole nitrogens is 1. The van der Waals surface area contributed by atoms with Crippen molar-refractivity contribution in [3.8, 4) is 6.07 Å². The first-order chi connectivity index (χ1) is 8.13. The predicted molar refractivity (Wildman–Crippen MR) is 71.7 cm³/mol. The van der Waals surface area contributed by atoms with E-state index in [1.54, 1.807) is 11.8 Å². The number of thioether (sulfide) groups is 1. The first-order valence-corrected chi connectivity index (χ1v) is 7.03. The van der Waals surface area contributed by atoms with E-state index in [9.17, 15) is 4.79 Å². The molecule has 0 aliphatic rings. The van der Waals surface area contributed by atoms with Crippen molar-refractivity contribution in [2.45, 2.75) is 13.3 Å². The van der Waals surface area contributed by atoms with Crippen LogP contribution in [0.15, 0.2) is 0 Å². The molecule has 0 aliphatic carbocycles. The summed E-state index contributed by atoms with van der Waals surface area (Å²) in [6, 6.07) is 2.09. The zero-order valence-corrected chi connectivity index (χ0v) is 11.3. The lowest BCUT2D eigenvalue weighted by Gasteiger charge is -1.99. The number of aromatic nitrogens is 1. The molecule has 92 valence electrons. The molecule has 0 atom stereocenters. The second-order valence-electron chi connectivity index (χ2n) is 3.51. The molecule has 0 saturated heterocycles. The predicted octanol–water partition coefficient (Wildman–Crippen LogP) is 2.28. The molecule has 0 radical (unpaired) electrons. The molecule has 1 aromatic rings. The highest BCUT2D eigenvalue weighted by molar-refractivity contribution is 7.98. The topological polar surface area (TPSA) is 68.7 Å². The Morgan fingerprint density at radius 3 is 2.88 bits per heavy atom. The fourth-order valence-corrected chi connectivity index (χ4v) is 1.98. The Hall–Kier alpha value is -1.12. The van der Waals surface area contributed by atoms with Crippen molar-refractivity contribution in [1.82, 2.24) is 4.98 Å². The molecule has 0 aliphatic heterocycles. The van der Waals surface area contributed by atoms with Crippen molar-refractivity contribution in [3.63, 3.8) is 0 Å². The molecular weight excluding hydrogens is 258 g/mol. The number of rotatable bonds is 5. The first-order valence-electron chi connectivity index (χ1n) is 5.10. The van der Waals surface area contributed by atoms with Crippen molar-refractivity contribution in [2.24, 2.45) is 0 Å². The number of aromatic amines is 1. The average Bonchev–Trinajstić information content (AvgIpc) is 2.62. The Kier molecular flexibility index (Phi) is 5.39. The van der Waals surface area contributed by atoms with Gasteiger partial charge >= 0.3 is 0 Å². The SMILES string of the molecule is CSCCc1[nH]c(NC(=O)CCl)c(C#N)c1C. The third-order valence-corrected chi connectivity index (χ3v) is 3.26. The second-order valence-corrected chi connectivity index (χ2v) is 4.77. The quantitative estimate of drug-likeness (QED) is 0.808. The molecule has 0 saturated carbocycles. The van der Waals surface area contributed by atoms with Gasteiger partial charge in [0.15, 0.2) is 0 Å². The van der Waals surface area contributed by atoms with E-state index in [0.717, 1.165) is 23.4 Å². The molecule has 0 unspecified atom stereocenters. The normalized spacial score (nSPS) is 10.0. The van der Waals surface area contributed by atoms with E-state index in [1.807, 2.05) is 13.2 Å². The maximum absolute atomic E-state index is 11.2. The number of carbonyl (C=O) groups is 1. The van der Waals surface area contributed by atoms with E-state index in [4.69, 9.17) is 16.9 Å². The number of anilines is 1. The highest BCUT2D eigenvalue weighted by atomic mass is 35.5. The van der Waals surface area contributed by atoms with Gasteiger partial charge in [-0.3, -0.25) is 4.79 Å². The van der Waals surface area contributed by atoms with E-state index in [1.165, 1.54) is 0 Å². The maximum atomic E-state index is 11.2. The van der Waals surface area contributed by atoms with Crippen LogP contribution < -0.4 is 5.32 Å². The van der Waals surface area contributed by atoms with Crippen molar-refractivity contribution < 1.29 is 4.79 Å². The van der Waals surface area contributed by atoms with Gasteiger partial charge in [-0.15, -0.1) is 11.6 Å². The molecule has 2 N–H and O–H groups in total. The lowest BCUT2D eigenvalue weighted by atomic mass is 10.1.